The van der Waals surface area contributed by atoms with Gasteiger partial charge < -0.3 is 15.8 Å². The van der Waals surface area contributed by atoms with E-state index in [4.69, 9.17) is 10.5 Å². The highest BCUT2D eigenvalue weighted by atomic mass is 16.5. The van der Waals surface area contributed by atoms with Crippen LogP contribution in [-0.2, 0) is 4.74 Å². The van der Waals surface area contributed by atoms with Crippen molar-refractivity contribution in [3.05, 3.63) is 0 Å². The average Bonchev–Trinajstić information content (AvgIpc) is 1.95. The standard InChI is InChI=1S/C6H13N3O/c1-2-10-5-3-8-6(7)9-4-5/h5H,2-4H2,1H3,(H3,7,8,9). The molecular weight excluding hydrogens is 130 g/mol. The lowest BCUT2D eigenvalue weighted by Crippen LogP contribution is -2.44. The molecule has 1 aliphatic rings. The first-order valence-electron chi connectivity index (χ1n) is 3.48. The molecule has 0 aliphatic carbocycles. The van der Waals surface area contributed by atoms with Gasteiger partial charge in [-0.25, -0.2) is 0 Å². The Balaban J connectivity index is 2.27. The molecule has 1 unspecified atom stereocenters. The molecule has 0 aromatic heterocycles. The molecule has 0 saturated carbocycles. The van der Waals surface area contributed by atoms with Gasteiger partial charge in [0.2, 0.25) is 0 Å². The minimum atomic E-state index is 0.206. The zero-order valence-corrected chi connectivity index (χ0v) is 6.13. The molecule has 58 valence electrons. The summed E-state index contributed by atoms with van der Waals surface area (Å²) in [6, 6.07) is 0. The molecule has 1 atom stereocenters. The Hall–Kier alpha value is -0.770. The van der Waals surface area contributed by atoms with Crippen LogP contribution in [0.3, 0.4) is 0 Å². The Kier molecular flexibility index (Phi) is 2.50. The Labute approximate surface area is 60.5 Å². The van der Waals surface area contributed by atoms with Crippen molar-refractivity contribution in [2.75, 3.05) is 19.7 Å². The first-order valence-corrected chi connectivity index (χ1v) is 3.48. The summed E-state index contributed by atoms with van der Waals surface area (Å²) in [5, 5.41) is 2.92. The molecule has 1 heterocycles. The Bertz CT molecular complexity index is 135. The van der Waals surface area contributed by atoms with Crippen LogP contribution >= 0.6 is 0 Å². The summed E-state index contributed by atoms with van der Waals surface area (Å²) in [6.45, 7) is 4.18. The van der Waals surface area contributed by atoms with Gasteiger partial charge in [0.25, 0.3) is 0 Å². The highest BCUT2D eigenvalue weighted by Gasteiger charge is 2.11. The number of hydrogen-bond donors (Lipinski definition) is 2. The normalized spacial score (nSPS) is 25.3. The third-order valence-corrected chi connectivity index (χ3v) is 1.38. The Morgan fingerprint density at radius 3 is 3.20 bits per heavy atom. The largest absolute Gasteiger partial charge is 0.375 e. The maximum Gasteiger partial charge on any atom is 0.188 e. The van der Waals surface area contributed by atoms with Crippen LogP contribution in [0.15, 0.2) is 4.99 Å². The summed E-state index contributed by atoms with van der Waals surface area (Å²) in [7, 11) is 0. The van der Waals surface area contributed by atoms with E-state index in [0.29, 0.717) is 12.5 Å². The van der Waals surface area contributed by atoms with E-state index in [-0.39, 0.29) is 6.10 Å². The molecule has 0 aromatic rings. The molecule has 4 nitrogen and oxygen atoms in total. The summed E-state index contributed by atoms with van der Waals surface area (Å²) in [5.74, 6) is 0.524. The number of nitrogens with one attached hydrogen (secondary N) is 1. The van der Waals surface area contributed by atoms with Crippen molar-refractivity contribution in [3.63, 3.8) is 0 Å². The third kappa shape index (κ3) is 1.88. The van der Waals surface area contributed by atoms with Gasteiger partial charge in [0, 0.05) is 13.2 Å². The van der Waals surface area contributed by atoms with Gasteiger partial charge in [-0.1, -0.05) is 0 Å². The van der Waals surface area contributed by atoms with Crippen molar-refractivity contribution in [2.24, 2.45) is 10.7 Å². The van der Waals surface area contributed by atoms with Crippen LogP contribution in [0.5, 0.6) is 0 Å². The lowest BCUT2D eigenvalue weighted by molar-refractivity contribution is 0.0694. The predicted octanol–water partition coefficient (Wildman–Crippen LogP) is -0.691. The van der Waals surface area contributed by atoms with Crippen LogP contribution in [0.2, 0.25) is 0 Å². The number of aliphatic imine (C=N–C) groups is 1. The van der Waals surface area contributed by atoms with Crippen LogP contribution in [0.25, 0.3) is 0 Å². The van der Waals surface area contributed by atoms with Crippen molar-refractivity contribution < 1.29 is 4.74 Å². The number of nitrogens with two attached hydrogens (primary N) is 1. The van der Waals surface area contributed by atoms with E-state index in [1.807, 2.05) is 6.92 Å². The van der Waals surface area contributed by atoms with Crippen LogP contribution in [0, 0.1) is 0 Å². The molecule has 0 amide bonds. The van der Waals surface area contributed by atoms with Crippen molar-refractivity contribution in [2.45, 2.75) is 13.0 Å². The zero-order valence-electron chi connectivity index (χ0n) is 6.13. The second-order valence-electron chi connectivity index (χ2n) is 2.18. The van der Waals surface area contributed by atoms with Crippen LogP contribution in [0.4, 0.5) is 0 Å². The second-order valence-corrected chi connectivity index (χ2v) is 2.18. The summed E-state index contributed by atoms with van der Waals surface area (Å²) >= 11 is 0. The summed E-state index contributed by atoms with van der Waals surface area (Å²) in [6.07, 6.45) is 0.206. The third-order valence-electron chi connectivity index (χ3n) is 1.38. The first-order chi connectivity index (χ1) is 4.83. The Morgan fingerprint density at radius 2 is 2.70 bits per heavy atom. The molecule has 3 N–H and O–H groups in total. The van der Waals surface area contributed by atoms with Crippen molar-refractivity contribution in [1.29, 1.82) is 0 Å². The smallest absolute Gasteiger partial charge is 0.188 e. The van der Waals surface area contributed by atoms with Gasteiger partial charge in [-0.3, -0.25) is 4.99 Å². The first kappa shape index (κ1) is 7.34. The minimum absolute atomic E-state index is 0.206. The fourth-order valence-corrected chi connectivity index (χ4v) is 0.886. The topological polar surface area (TPSA) is 59.6 Å². The molecule has 0 aromatic carbocycles. The number of hydrogen-bond acceptors (Lipinski definition) is 4. The maximum absolute atomic E-state index is 5.38. The molecule has 1 rings (SSSR count). The number of ether oxygens (including phenoxy) is 1. The highest BCUT2D eigenvalue weighted by Crippen LogP contribution is 1.94. The second kappa shape index (κ2) is 3.41. The average molecular weight is 143 g/mol. The molecule has 0 bridgehead atoms. The van der Waals surface area contributed by atoms with Gasteiger partial charge >= 0.3 is 0 Å². The van der Waals surface area contributed by atoms with Crippen LogP contribution in [0.1, 0.15) is 6.92 Å². The van der Waals surface area contributed by atoms with Gasteiger partial charge in [-0.05, 0) is 6.92 Å². The monoisotopic (exact) mass is 143 g/mol. The number of rotatable bonds is 2. The van der Waals surface area contributed by atoms with Gasteiger partial charge in [-0.2, -0.15) is 0 Å². The van der Waals surface area contributed by atoms with Crippen molar-refractivity contribution in [3.8, 4) is 0 Å². The molecule has 10 heavy (non-hydrogen) atoms. The van der Waals surface area contributed by atoms with Crippen molar-refractivity contribution in [1.82, 2.24) is 5.32 Å². The number of guanidine groups is 1. The summed E-state index contributed by atoms with van der Waals surface area (Å²) < 4.78 is 5.31. The molecule has 0 fully saturated rings. The molecule has 0 saturated heterocycles. The van der Waals surface area contributed by atoms with Gasteiger partial charge in [0.1, 0.15) is 0 Å². The van der Waals surface area contributed by atoms with E-state index in [1.165, 1.54) is 0 Å². The van der Waals surface area contributed by atoms with Gasteiger partial charge in [0.05, 0.1) is 12.6 Å². The fourth-order valence-electron chi connectivity index (χ4n) is 0.886. The minimum Gasteiger partial charge on any atom is -0.375 e. The molecular formula is C6H13N3O. The SMILES string of the molecule is CCOC1CN=C(N)NC1. The van der Waals surface area contributed by atoms with Crippen LogP contribution < -0.4 is 11.1 Å². The lowest BCUT2D eigenvalue weighted by Gasteiger charge is -2.20. The zero-order chi connectivity index (χ0) is 7.40. The number of nitrogens with zero attached hydrogens (tertiary/aromatic N) is 1. The van der Waals surface area contributed by atoms with Crippen LogP contribution in [-0.4, -0.2) is 31.8 Å². The quantitative estimate of drug-likeness (QED) is 0.538. The predicted molar refractivity (Wildman–Crippen MR) is 39.9 cm³/mol. The summed E-state index contributed by atoms with van der Waals surface area (Å²) in [4.78, 5) is 3.99. The molecule has 0 radical (unpaired) electrons. The van der Waals surface area contributed by atoms with E-state index < -0.39 is 0 Å². The Morgan fingerprint density at radius 1 is 1.90 bits per heavy atom. The van der Waals surface area contributed by atoms with Gasteiger partial charge in [0.15, 0.2) is 5.96 Å². The molecule has 1 aliphatic heterocycles. The van der Waals surface area contributed by atoms with E-state index >= 15 is 0 Å². The fraction of sp³-hybridized carbons (Fsp3) is 0.833. The lowest BCUT2D eigenvalue weighted by atomic mass is 10.3. The summed E-state index contributed by atoms with van der Waals surface area (Å²) in [5.41, 5.74) is 5.38. The van der Waals surface area contributed by atoms with E-state index in [0.717, 1.165) is 13.2 Å². The molecule has 4 heteroatoms. The van der Waals surface area contributed by atoms with Crippen molar-refractivity contribution >= 4 is 5.96 Å². The highest BCUT2D eigenvalue weighted by molar-refractivity contribution is 5.78. The van der Waals surface area contributed by atoms with E-state index in [1.54, 1.807) is 0 Å². The van der Waals surface area contributed by atoms with E-state index in [9.17, 15) is 0 Å². The van der Waals surface area contributed by atoms with E-state index in [2.05, 4.69) is 10.3 Å². The molecule has 0 spiro atoms. The maximum atomic E-state index is 5.38. The van der Waals surface area contributed by atoms with Gasteiger partial charge in [-0.15, -0.1) is 0 Å².